The lowest BCUT2D eigenvalue weighted by atomic mass is 9.78. The Morgan fingerprint density at radius 3 is 2.87 bits per heavy atom. The van der Waals surface area contributed by atoms with Crippen molar-refractivity contribution in [1.82, 2.24) is 9.78 Å². The maximum absolute atomic E-state index is 4.18. The lowest BCUT2D eigenvalue weighted by Crippen LogP contribution is -2.35. The zero-order valence-corrected chi connectivity index (χ0v) is 9.90. The number of nitrogens with one attached hydrogen (secondary N) is 1. The summed E-state index contributed by atoms with van der Waals surface area (Å²) in [7, 11) is 1.99. The summed E-state index contributed by atoms with van der Waals surface area (Å²) in [6.07, 6.45) is 5.86. The van der Waals surface area contributed by atoms with Crippen molar-refractivity contribution in [2.75, 3.05) is 5.32 Å². The molecule has 1 heterocycles. The summed E-state index contributed by atoms with van der Waals surface area (Å²) in [5, 5.41) is 7.79. The minimum Gasteiger partial charge on any atom is -0.367 e. The van der Waals surface area contributed by atoms with Crippen LogP contribution in [-0.2, 0) is 7.05 Å². The second kappa shape index (κ2) is 4.25. The van der Waals surface area contributed by atoms with E-state index >= 15 is 0 Å². The molecule has 1 fully saturated rings. The van der Waals surface area contributed by atoms with Gasteiger partial charge in [-0.3, -0.25) is 4.68 Å². The van der Waals surface area contributed by atoms with E-state index in [0.29, 0.717) is 6.04 Å². The number of anilines is 1. The Kier molecular flexibility index (Phi) is 2.98. The summed E-state index contributed by atoms with van der Waals surface area (Å²) in [5.74, 6) is 2.74. The van der Waals surface area contributed by atoms with Gasteiger partial charge in [0, 0.05) is 19.2 Å². The predicted molar refractivity (Wildman–Crippen MR) is 62.8 cm³/mol. The van der Waals surface area contributed by atoms with E-state index in [1.165, 1.54) is 19.3 Å². The Balaban J connectivity index is 2.02. The average Bonchev–Trinajstić information content (AvgIpc) is 2.60. The molecule has 15 heavy (non-hydrogen) atoms. The Bertz CT molecular complexity index is 318. The summed E-state index contributed by atoms with van der Waals surface area (Å²) in [6.45, 7) is 4.72. The van der Waals surface area contributed by atoms with Crippen LogP contribution in [0.2, 0.25) is 0 Å². The minimum absolute atomic E-state index is 0.615. The molecule has 1 aromatic rings. The van der Waals surface area contributed by atoms with Crippen molar-refractivity contribution in [2.24, 2.45) is 18.9 Å². The Morgan fingerprint density at radius 2 is 2.20 bits per heavy atom. The van der Waals surface area contributed by atoms with Gasteiger partial charge in [0.2, 0.25) is 0 Å². The first-order valence-electron chi connectivity index (χ1n) is 5.93. The van der Waals surface area contributed by atoms with E-state index in [9.17, 15) is 0 Å². The van der Waals surface area contributed by atoms with Gasteiger partial charge in [0.25, 0.3) is 0 Å². The molecular formula is C12H21N3. The quantitative estimate of drug-likeness (QED) is 0.808. The third-order valence-corrected chi connectivity index (χ3v) is 3.86. The zero-order valence-electron chi connectivity index (χ0n) is 9.90. The maximum Gasteiger partial charge on any atom is 0.124 e. The van der Waals surface area contributed by atoms with Crippen LogP contribution in [0.25, 0.3) is 0 Å². The first kappa shape index (κ1) is 10.5. The molecule has 0 saturated heterocycles. The van der Waals surface area contributed by atoms with Gasteiger partial charge in [-0.1, -0.05) is 26.7 Å². The first-order chi connectivity index (χ1) is 7.18. The Labute approximate surface area is 91.9 Å². The molecule has 1 aliphatic rings. The molecule has 0 amide bonds. The first-order valence-corrected chi connectivity index (χ1v) is 5.93. The molecule has 3 heteroatoms. The molecule has 2 rings (SSSR count). The van der Waals surface area contributed by atoms with Crippen molar-refractivity contribution in [2.45, 2.75) is 39.2 Å². The third kappa shape index (κ3) is 2.16. The van der Waals surface area contributed by atoms with Gasteiger partial charge in [-0.05, 0) is 18.3 Å². The zero-order chi connectivity index (χ0) is 10.8. The lowest BCUT2D eigenvalue weighted by Gasteiger charge is -2.35. The van der Waals surface area contributed by atoms with Gasteiger partial charge < -0.3 is 5.32 Å². The fourth-order valence-electron chi connectivity index (χ4n) is 2.49. The van der Waals surface area contributed by atoms with Crippen LogP contribution in [-0.4, -0.2) is 15.8 Å². The summed E-state index contributed by atoms with van der Waals surface area (Å²) in [5.41, 5.74) is 0. The van der Waals surface area contributed by atoms with Crippen molar-refractivity contribution in [3.63, 3.8) is 0 Å². The van der Waals surface area contributed by atoms with Crippen molar-refractivity contribution >= 4 is 5.82 Å². The molecule has 1 N–H and O–H groups in total. The molecule has 0 bridgehead atoms. The van der Waals surface area contributed by atoms with E-state index < -0.39 is 0 Å². The molecule has 0 spiro atoms. The molecule has 1 saturated carbocycles. The number of rotatable bonds is 2. The smallest absolute Gasteiger partial charge is 0.124 e. The van der Waals surface area contributed by atoms with Crippen molar-refractivity contribution in [3.8, 4) is 0 Å². The van der Waals surface area contributed by atoms with Crippen LogP contribution in [0.3, 0.4) is 0 Å². The number of nitrogens with zero attached hydrogens (tertiary/aromatic N) is 2. The van der Waals surface area contributed by atoms with Gasteiger partial charge in [-0.15, -0.1) is 0 Å². The predicted octanol–water partition coefficient (Wildman–Crippen LogP) is 2.66. The average molecular weight is 207 g/mol. The molecule has 3 atom stereocenters. The molecule has 0 aromatic carbocycles. The Morgan fingerprint density at radius 1 is 1.40 bits per heavy atom. The normalized spacial score (nSPS) is 31.5. The molecule has 1 aromatic heterocycles. The SMILES string of the molecule is CC1CCCC(Nc2ccnn2C)C1C. The fraction of sp³-hybridized carbons (Fsp3) is 0.750. The molecule has 1 aliphatic carbocycles. The van der Waals surface area contributed by atoms with Crippen LogP contribution < -0.4 is 5.32 Å². The maximum atomic E-state index is 4.18. The molecule has 0 radical (unpaired) electrons. The summed E-state index contributed by atoms with van der Waals surface area (Å²) >= 11 is 0. The third-order valence-electron chi connectivity index (χ3n) is 3.86. The van der Waals surface area contributed by atoms with E-state index in [4.69, 9.17) is 0 Å². The standard InChI is InChI=1S/C12H21N3/c1-9-5-4-6-11(10(9)2)14-12-7-8-13-15(12)3/h7-11,14H,4-6H2,1-3H3. The Hall–Kier alpha value is -0.990. The second-order valence-corrected chi connectivity index (χ2v) is 4.86. The molecule has 3 nitrogen and oxygen atoms in total. The van der Waals surface area contributed by atoms with E-state index in [1.807, 2.05) is 24.0 Å². The van der Waals surface area contributed by atoms with Crippen molar-refractivity contribution in [1.29, 1.82) is 0 Å². The van der Waals surface area contributed by atoms with E-state index in [2.05, 4.69) is 24.3 Å². The van der Waals surface area contributed by atoms with E-state index in [-0.39, 0.29) is 0 Å². The summed E-state index contributed by atoms with van der Waals surface area (Å²) in [6, 6.07) is 2.66. The number of hydrogen-bond acceptors (Lipinski definition) is 2. The van der Waals surface area contributed by atoms with Crippen molar-refractivity contribution in [3.05, 3.63) is 12.3 Å². The molecular weight excluding hydrogens is 186 g/mol. The van der Waals surface area contributed by atoms with Gasteiger partial charge in [0.05, 0.1) is 6.20 Å². The minimum atomic E-state index is 0.615. The largest absolute Gasteiger partial charge is 0.367 e. The second-order valence-electron chi connectivity index (χ2n) is 4.86. The fourth-order valence-corrected chi connectivity index (χ4v) is 2.49. The van der Waals surface area contributed by atoms with Crippen LogP contribution in [0.5, 0.6) is 0 Å². The van der Waals surface area contributed by atoms with Gasteiger partial charge >= 0.3 is 0 Å². The van der Waals surface area contributed by atoms with Crippen LogP contribution in [0.15, 0.2) is 12.3 Å². The van der Waals surface area contributed by atoms with Crippen LogP contribution in [0.1, 0.15) is 33.1 Å². The van der Waals surface area contributed by atoms with Gasteiger partial charge in [-0.2, -0.15) is 5.10 Å². The van der Waals surface area contributed by atoms with Crippen molar-refractivity contribution < 1.29 is 0 Å². The van der Waals surface area contributed by atoms with E-state index in [1.54, 1.807) is 0 Å². The molecule has 3 unspecified atom stereocenters. The monoisotopic (exact) mass is 207 g/mol. The highest BCUT2D eigenvalue weighted by atomic mass is 15.3. The summed E-state index contributed by atoms with van der Waals surface area (Å²) < 4.78 is 1.91. The highest BCUT2D eigenvalue weighted by Crippen LogP contribution is 2.31. The highest BCUT2D eigenvalue weighted by molar-refractivity contribution is 5.35. The highest BCUT2D eigenvalue weighted by Gasteiger charge is 2.27. The topological polar surface area (TPSA) is 29.9 Å². The van der Waals surface area contributed by atoms with Gasteiger partial charge in [-0.25, -0.2) is 0 Å². The lowest BCUT2D eigenvalue weighted by molar-refractivity contribution is 0.252. The van der Waals surface area contributed by atoms with Gasteiger partial charge in [0.15, 0.2) is 0 Å². The summed E-state index contributed by atoms with van der Waals surface area (Å²) in [4.78, 5) is 0. The number of hydrogen-bond donors (Lipinski definition) is 1. The van der Waals surface area contributed by atoms with E-state index in [0.717, 1.165) is 17.7 Å². The molecule has 84 valence electrons. The van der Waals surface area contributed by atoms with Crippen LogP contribution >= 0.6 is 0 Å². The number of aromatic nitrogens is 2. The van der Waals surface area contributed by atoms with Crippen LogP contribution in [0, 0.1) is 11.8 Å². The number of aryl methyl sites for hydroxylation is 1. The van der Waals surface area contributed by atoms with Gasteiger partial charge in [0.1, 0.15) is 5.82 Å². The van der Waals surface area contributed by atoms with Crippen LogP contribution in [0.4, 0.5) is 5.82 Å². The molecule has 0 aliphatic heterocycles.